The van der Waals surface area contributed by atoms with Crippen LogP contribution >= 0.6 is 0 Å². The standard InChI is InChI=1S/C15H22O4/c1-3-5-9-12-15(14(16)17,18-4-2)19-13-10-7-6-8-11-13/h6-8,10-11H,3-5,9,12H2,1-2H3,(H,16,17). The van der Waals surface area contributed by atoms with Crippen molar-refractivity contribution < 1.29 is 19.4 Å². The normalized spacial score (nSPS) is 13.8. The molecule has 4 nitrogen and oxygen atoms in total. The number of ether oxygens (including phenoxy) is 2. The van der Waals surface area contributed by atoms with Crippen molar-refractivity contribution >= 4 is 5.97 Å². The largest absolute Gasteiger partial charge is 0.476 e. The van der Waals surface area contributed by atoms with Gasteiger partial charge in [-0.15, -0.1) is 0 Å². The monoisotopic (exact) mass is 266 g/mol. The van der Waals surface area contributed by atoms with E-state index in [1.807, 2.05) is 6.07 Å². The number of carboxylic acids is 1. The van der Waals surface area contributed by atoms with Gasteiger partial charge in [0.25, 0.3) is 0 Å². The second-order valence-corrected chi connectivity index (χ2v) is 4.36. The first-order valence-electron chi connectivity index (χ1n) is 6.76. The summed E-state index contributed by atoms with van der Waals surface area (Å²) in [5, 5.41) is 9.47. The SMILES string of the molecule is CCCCCC(OCC)(Oc1ccccc1)C(=O)O. The Morgan fingerprint density at radius 1 is 1.21 bits per heavy atom. The molecule has 1 atom stereocenters. The van der Waals surface area contributed by atoms with Crippen molar-refractivity contribution in [3.63, 3.8) is 0 Å². The molecule has 0 fully saturated rings. The molecule has 0 amide bonds. The lowest BCUT2D eigenvalue weighted by Gasteiger charge is -2.29. The van der Waals surface area contributed by atoms with Gasteiger partial charge in [-0.1, -0.05) is 38.0 Å². The zero-order valence-corrected chi connectivity index (χ0v) is 11.6. The minimum atomic E-state index is -1.58. The van der Waals surface area contributed by atoms with Crippen molar-refractivity contribution in [3.05, 3.63) is 30.3 Å². The second-order valence-electron chi connectivity index (χ2n) is 4.36. The molecular formula is C15H22O4. The van der Waals surface area contributed by atoms with Gasteiger partial charge in [-0.25, -0.2) is 4.79 Å². The fourth-order valence-electron chi connectivity index (χ4n) is 1.88. The summed E-state index contributed by atoms with van der Waals surface area (Å²) >= 11 is 0. The van der Waals surface area contributed by atoms with E-state index in [2.05, 4.69) is 6.92 Å². The molecule has 1 aromatic carbocycles. The number of aliphatic carboxylic acids is 1. The lowest BCUT2D eigenvalue weighted by molar-refractivity contribution is -0.213. The zero-order chi connectivity index (χ0) is 14.1. The number of rotatable bonds is 9. The van der Waals surface area contributed by atoms with E-state index in [0.717, 1.165) is 19.3 Å². The molecule has 0 aromatic heterocycles. The van der Waals surface area contributed by atoms with Crippen LogP contribution in [0.15, 0.2) is 30.3 Å². The highest BCUT2D eigenvalue weighted by Gasteiger charge is 2.41. The number of hydrogen-bond donors (Lipinski definition) is 1. The molecule has 4 heteroatoms. The smallest absolute Gasteiger partial charge is 0.377 e. The molecule has 0 radical (unpaired) electrons. The maximum atomic E-state index is 11.6. The topological polar surface area (TPSA) is 55.8 Å². The highest BCUT2D eigenvalue weighted by molar-refractivity contribution is 5.76. The van der Waals surface area contributed by atoms with Gasteiger partial charge < -0.3 is 14.6 Å². The number of hydrogen-bond acceptors (Lipinski definition) is 3. The zero-order valence-electron chi connectivity index (χ0n) is 11.6. The molecule has 0 spiro atoms. The van der Waals surface area contributed by atoms with Crippen LogP contribution in [0.25, 0.3) is 0 Å². The van der Waals surface area contributed by atoms with Crippen LogP contribution in [0, 0.1) is 0 Å². The fraction of sp³-hybridized carbons (Fsp3) is 0.533. The number of carbonyl (C=O) groups is 1. The van der Waals surface area contributed by atoms with E-state index in [-0.39, 0.29) is 0 Å². The van der Waals surface area contributed by atoms with Crippen molar-refractivity contribution in [2.45, 2.75) is 45.3 Å². The third-order valence-corrected chi connectivity index (χ3v) is 2.84. The Kier molecular flexibility index (Phi) is 6.36. The van der Waals surface area contributed by atoms with Crippen molar-refractivity contribution in [1.82, 2.24) is 0 Å². The van der Waals surface area contributed by atoms with Crippen LogP contribution in [-0.2, 0) is 9.53 Å². The molecule has 106 valence electrons. The van der Waals surface area contributed by atoms with E-state index in [4.69, 9.17) is 9.47 Å². The van der Waals surface area contributed by atoms with Gasteiger partial charge in [0.1, 0.15) is 5.75 Å². The Labute approximate surface area is 114 Å². The Morgan fingerprint density at radius 3 is 2.42 bits per heavy atom. The minimum absolute atomic E-state index is 0.297. The first-order chi connectivity index (χ1) is 9.14. The molecule has 19 heavy (non-hydrogen) atoms. The molecule has 1 N–H and O–H groups in total. The van der Waals surface area contributed by atoms with Crippen LogP contribution in [0.4, 0.5) is 0 Å². The summed E-state index contributed by atoms with van der Waals surface area (Å²) < 4.78 is 11.0. The first-order valence-corrected chi connectivity index (χ1v) is 6.76. The number of para-hydroxylation sites is 1. The molecular weight excluding hydrogens is 244 g/mol. The summed E-state index contributed by atoms with van der Waals surface area (Å²) in [6, 6.07) is 8.93. The van der Waals surface area contributed by atoms with Crippen molar-refractivity contribution in [2.75, 3.05) is 6.61 Å². The van der Waals surface area contributed by atoms with Crippen molar-refractivity contribution in [3.8, 4) is 5.75 Å². The highest BCUT2D eigenvalue weighted by atomic mass is 16.7. The predicted octanol–water partition coefficient (Wildman–Crippen LogP) is 3.46. The summed E-state index contributed by atoms with van der Waals surface area (Å²) in [6.45, 7) is 4.14. The van der Waals surface area contributed by atoms with E-state index in [0.29, 0.717) is 18.8 Å². The quantitative estimate of drug-likeness (QED) is 0.549. The van der Waals surface area contributed by atoms with Gasteiger partial charge >= 0.3 is 11.8 Å². The molecule has 0 saturated carbocycles. The van der Waals surface area contributed by atoms with Gasteiger partial charge in [-0.2, -0.15) is 0 Å². The lowest BCUT2D eigenvalue weighted by Crippen LogP contribution is -2.47. The Bertz CT molecular complexity index is 377. The predicted molar refractivity (Wildman–Crippen MR) is 73.2 cm³/mol. The Morgan fingerprint density at radius 2 is 1.89 bits per heavy atom. The van der Waals surface area contributed by atoms with Crippen LogP contribution in [0.3, 0.4) is 0 Å². The maximum Gasteiger partial charge on any atom is 0.377 e. The molecule has 0 bridgehead atoms. The summed E-state index contributed by atoms with van der Waals surface area (Å²) in [7, 11) is 0. The van der Waals surface area contributed by atoms with Gasteiger partial charge in [0, 0.05) is 13.0 Å². The first kappa shape index (κ1) is 15.5. The average Bonchev–Trinajstić information content (AvgIpc) is 2.40. The Hall–Kier alpha value is -1.55. The number of unbranched alkanes of at least 4 members (excludes halogenated alkanes) is 2. The molecule has 0 aliphatic carbocycles. The van der Waals surface area contributed by atoms with Gasteiger partial charge in [-0.3, -0.25) is 0 Å². The third-order valence-electron chi connectivity index (χ3n) is 2.84. The van der Waals surface area contributed by atoms with E-state index in [9.17, 15) is 9.90 Å². The fourth-order valence-corrected chi connectivity index (χ4v) is 1.88. The van der Waals surface area contributed by atoms with E-state index in [1.54, 1.807) is 31.2 Å². The summed E-state index contributed by atoms with van der Waals surface area (Å²) in [4.78, 5) is 11.6. The molecule has 1 aromatic rings. The Balaban J connectivity index is 2.85. The van der Waals surface area contributed by atoms with Gasteiger partial charge in [0.05, 0.1) is 0 Å². The van der Waals surface area contributed by atoms with E-state index < -0.39 is 11.8 Å². The van der Waals surface area contributed by atoms with Crippen LogP contribution in [0.2, 0.25) is 0 Å². The van der Waals surface area contributed by atoms with Crippen LogP contribution in [0.1, 0.15) is 39.5 Å². The van der Waals surface area contributed by atoms with Gasteiger partial charge in [0.15, 0.2) is 0 Å². The van der Waals surface area contributed by atoms with E-state index >= 15 is 0 Å². The van der Waals surface area contributed by atoms with Crippen LogP contribution in [0.5, 0.6) is 5.75 Å². The molecule has 0 saturated heterocycles. The lowest BCUT2D eigenvalue weighted by atomic mass is 10.1. The average molecular weight is 266 g/mol. The van der Waals surface area contributed by atoms with Gasteiger partial charge in [0.2, 0.25) is 0 Å². The molecule has 0 aliphatic rings. The summed E-state index contributed by atoms with van der Waals surface area (Å²) in [5.74, 6) is -2.14. The minimum Gasteiger partial charge on any atom is -0.476 e. The van der Waals surface area contributed by atoms with Crippen molar-refractivity contribution in [2.24, 2.45) is 0 Å². The second kappa shape index (κ2) is 7.79. The molecule has 1 unspecified atom stereocenters. The van der Waals surface area contributed by atoms with Crippen molar-refractivity contribution in [1.29, 1.82) is 0 Å². The maximum absolute atomic E-state index is 11.6. The summed E-state index contributed by atoms with van der Waals surface area (Å²) in [5.41, 5.74) is 0. The molecule has 0 aliphatic heterocycles. The number of carboxylic acid groups (broad SMARTS) is 1. The van der Waals surface area contributed by atoms with Crippen LogP contribution in [-0.4, -0.2) is 23.5 Å². The third kappa shape index (κ3) is 4.56. The highest BCUT2D eigenvalue weighted by Crippen LogP contribution is 2.25. The van der Waals surface area contributed by atoms with Gasteiger partial charge in [-0.05, 0) is 25.5 Å². The summed E-state index contributed by atoms with van der Waals surface area (Å²) in [6.07, 6.45) is 3.09. The van der Waals surface area contributed by atoms with E-state index in [1.165, 1.54) is 0 Å². The number of benzene rings is 1. The van der Waals surface area contributed by atoms with Crippen LogP contribution < -0.4 is 4.74 Å². The molecule has 0 heterocycles. The molecule has 1 rings (SSSR count).